The number of nitrogens with two attached hydrogens (primary N) is 1. The number of unbranched alkanes of at least 4 members (excludes halogenated alkanes) is 1. The molecule has 0 atom stereocenters. The summed E-state index contributed by atoms with van der Waals surface area (Å²) in [6.45, 7) is 9.36. The van der Waals surface area contributed by atoms with Gasteiger partial charge in [0.15, 0.2) is 0 Å². The molecule has 0 aliphatic carbocycles. The second kappa shape index (κ2) is 7.58. The van der Waals surface area contributed by atoms with E-state index in [1.165, 1.54) is 0 Å². The lowest BCUT2D eigenvalue weighted by Gasteiger charge is -2.12. The first-order valence-corrected chi connectivity index (χ1v) is 6.37. The molecule has 3 N–H and O–H groups in total. The van der Waals surface area contributed by atoms with Crippen molar-refractivity contribution in [2.24, 2.45) is 5.92 Å². The Morgan fingerprint density at radius 2 is 2.28 bits per heavy atom. The van der Waals surface area contributed by atoms with Crippen molar-refractivity contribution in [3.63, 3.8) is 0 Å². The van der Waals surface area contributed by atoms with Gasteiger partial charge in [-0.25, -0.2) is 0 Å². The minimum atomic E-state index is 0.454. The molecule has 1 aromatic heterocycles. The van der Waals surface area contributed by atoms with Gasteiger partial charge in [-0.2, -0.15) is 4.98 Å². The topological polar surface area (TPSA) is 60.2 Å². The molecule has 0 radical (unpaired) electrons. The van der Waals surface area contributed by atoms with Gasteiger partial charge >= 0.3 is 0 Å². The van der Waals surface area contributed by atoms with Crippen molar-refractivity contribution in [3.8, 4) is 5.88 Å². The van der Waals surface area contributed by atoms with Crippen LogP contribution in [0, 0.1) is 5.92 Å². The van der Waals surface area contributed by atoms with Gasteiger partial charge in [0, 0.05) is 6.54 Å². The maximum Gasteiger partial charge on any atom is 0.239 e. The maximum atomic E-state index is 5.82. The number of anilines is 2. The number of ether oxygens (including phenoxy) is 1. The van der Waals surface area contributed by atoms with Crippen LogP contribution in [0.25, 0.3) is 0 Å². The molecule has 0 aliphatic rings. The number of rotatable bonds is 8. The Kier molecular flexibility index (Phi) is 6.05. The fourth-order valence-corrected chi connectivity index (χ4v) is 1.37. The van der Waals surface area contributed by atoms with Crippen LogP contribution in [0.1, 0.15) is 26.7 Å². The molecule has 0 aliphatic heterocycles. The van der Waals surface area contributed by atoms with Crippen LogP contribution in [0.3, 0.4) is 0 Å². The third kappa shape index (κ3) is 5.08. The largest absolute Gasteiger partial charge is 0.476 e. The molecule has 0 amide bonds. The predicted octanol–water partition coefficient (Wildman–Crippen LogP) is 3.08. The number of hydrogen-bond donors (Lipinski definition) is 2. The van der Waals surface area contributed by atoms with Crippen molar-refractivity contribution in [2.75, 3.05) is 24.2 Å². The molecule has 4 nitrogen and oxygen atoms in total. The first-order valence-electron chi connectivity index (χ1n) is 6.37. The molecule has 1 heterocycles. The highest BCUT2D eigenvalue weighted by Gasteiger charge is 2.05. The molecule has 0 saturated carbocycles. The first kappa shape index (κ1) is 14.4. The average Bonchev–Trinajstić information content (AvgIpc) is 2.34. The molecule has 0 saturated heterocycles. The number of nitrogens with one attached hydrogen (secondary N) is 1. The Labute approximate surface area is 109 Å². The molecule has 18 heavy (non-hydrogen) atoms. The Hall–Kier alpha value is -1.71. The van der Waals surface area contributed by atoms with Crippen LogP contribution >= 0.6 is 0 Å². The molecular formula is C14H23N3O. The number of nitrogens with zero attached hydrogens (tertiary/aromatic N) is 1. The Balaban J connectivity index is 2.53. The average molecular weight is 249 g/mol. The SMILES string of the molecule is C=CCCCNc1ccc(N)c(OCC(C)C)n1. The lowest BCUT2D eigenvalue weighted by atomic mass is 10.2. The van der Waals surface area contributed by atoms with Gasteiger partial charge in [-0.05, 0) is 30.9 Å². The summed E-state index contributed by atoms with van der Waals surface area (Å²) in [5, 5.41) is 3.24. The van der Waals surface area contributed by atoms with E-state index < -0.39 is 0 Å². The summed E-state index contributed by atoms with van der Waals surface area (Å²) in [5.74, 6) is 1.76. The van der Waals surface area contributed by atoms with Gasteiger partial charge in [-0.15, -0.1) is 6.58 Å². The fraction of sp³-hybridized carbons (Fsp3) is 0.500. The molecule has 100 valence electrons. The van der Waals surface area contributed by atoms with Crippen molar-refractivity contribution in [1.82, 2.24) is 4.98 Å². The fourth-order valence-electron chi connectivity index (χ4n) is 1.37. The highest BCUT2D eigenvalue weighted by molar-refractivity contribution is 5.53. The Bertz CT molecular complexity index is 377. The summed E-state index contributed by atoms with van der Waals surface area (Å²) >= 11 is 0. The molecule has 0 bridgehead atoms. The lowest BCUT2D eigenvalue weighted by Crippen LogP contribution is -2.09. The van der Waals surface area contributed by atoms with Gasteiger partial charge < -0.3 is 15.8 Å². The van der Waals surface area contributed by atoms with E-state index in [4.69, 9.17) is 10.5 Å². The first-order chi connectivity index (χ1) is 8.63. The minimum absolute atomic E-state index is 0.454. The van der Waals surface area contributed by atoms with Gasteiger partial charge in [-0.1, -0.05) is 19.9 Å². The normalized spacial score (nSPS) is 10.4. The highest BCUT2D eigenvalue weighted by Crippen LogP contribution is 2.21. The third-order valence-electron chi connectivity index (χ3n) is 2.33. The van der Waals surface area contributed by atoms with Gasteiger partial charge in [0.25, 0.3) is 0 Å². The Morgan fingerprint density at radius 1 is 1.50 bits per heavy atom. The molecular weight excluding hydrogens is 226 g/mol. The van der Waals surface area contributed by atoms with Crippen LogP contribution in [0.15, 0.2) is 24.8 Å². The van der Waals surface area contributed by atoms with Crippen molar-refractivity contribution < 1.29 is 4.74 Å². The van der Waals surface area contributed by atoms with E-state index in [-0.39, 0.29) is 0 Å². The predicted molar refractivity (Wildman–Crippen MR) is 76.9 cm³/mol. The summed E-state index contributed by atoms with van der Waals surface area (Å²) in [5.41, 5.74) is 6.40. The number of nitrogen functional groups attached to an aromatic ring is 1. The molecule has 0 fully saturated rings. The monoisotopic (exact) mass is 249 g/mol. The van der Waals surface area contributed by atoms with Crippen molar-refractivity contribution in [3.05, 3.63) is 24.8 Å². The van der Waals surface area contributed by atoms with Crippen molar-refractivity contribution >= 4 is 11.5 Å². The zero-order valence-electron chi connectivity index (χ0n) is 11.3. The zero-order valence-corrected chi connectivity index (χ0v) is 11.3. The summed E-state index contributed by atoms with van der Waals surface area (Å²) in [7, 11) is 0. The Morgan fingerprint density at radius 3 is 2.94 bits per heavy atom. The summed E-state index contributed by atoms with van der Waals surface area (Å²) in [4.78, 5) is 4.36. The lowest BCUT2D eigenvalue weighted by molar-refractivity contribution is 0.263. The molecule has 1 aromatic rings. The molecule has 0 aromatic carbocycles. The number of allylic oxidation sites excluding steroid dienone is 1. The van der Waals surface area contributed by atoms with Crippen molar-refractivity contribution in [2.45, 2.75) is 26.7 Å². The summed E-state index contributed by atoms with van der Waals surface area (Å²) < 4.78 is 5.57. The van der Waals surface area contributed by atoms with Crippen LogP contribution < -0.4 is 15.8 Å². The third-order valence-corrected chi connectivity index (χ3v) is 2.33. The maximum absolute atomic E-state index is 5.82. The van der Waals surface area contributed by atoms with Crippen LogP contribution in [0.4, 0.5) is 11.5 Å². The highest BCUT2D eigenvalue weighted by atomic mass is 16.5. The minimum Gasteiger partial charge on any atom is -0.476 e. The van der Waals surface area contributed by atoms with Crippen LogP contribution in [0.2, 0.25) is 0 Å². The smallest absolute Gasteiger partial charge is 0.239 e. The van der Waals surface area contributed by atoms with E-state index in [0.717, 1.165) is 25.2 Å². The van der Waals surface area contributed by atoms with Gasteiger partial charge in [0.05, 0.1) is 12.3 Å². The van der Waals surface area contributed by atoms with Crippen molar-refractivity contribution in [1.29, 1.82) is 0 Å². The van der Waals surface area contributed by atoms with E-state index in [1.54, 1.807) is 0 Å². The van der Waals surface area contributed by atoms with Crippen LogP contribution in [0.5, 0.6) is 5.88 Å². The van der Waals surface area contributed by atoms with E-state index >= 15 is 0 Å². The standard InChI is InChI=1S/C14H23N3O/c1-4-5-6-9-16-13-8-7-12(15)14(17-13)18-10-11(2)3/h4,7-8,11H,1,5-6,9-10,15H2,2-3H3,(H,16,17). The van der Waals surface area contributed by atoms with E-state index in [1.807, 2.05) is 18.2 Å². The zero-order chi connectivity index (χ0) is 13.4. The van der Waals surface area contributed by atoms with Crippen LogP contribution in [-0.2, 0) is 0 Å². The molecule has 1 rings (SSSR count). The number of aromatic nitrogens is 1. The molecule has 0 unspecified atom stereocenters. The summed E-state index contributed by atoms with van der Waals surface area (Å²) in [6.07, 6.45) is 3.95. The van der Waals surface area contributed by atoms with Gasteiger partial charge in [0.2, 0.25) is 5.88 Å². The molecule has 0 spiro atoms. The van der Waals surface area contributed by atoms with Crippen LogP contribution in [-0.4, -0.2) is 18.1 Å². The summed E-state index contributed by atoms with van der Waals surface area (Å²) in [6, 6.07) is 3.68. The van der Waals surface area contributed by atoms with Gasteiger partial charge in [0.1, 0.15) is 5.82 Å². The second-order valence-electron chi connectivity index (χ2n) is 4.65. The van der Waals surface area contributed by atoms with Gasteiger partial charge in [-0.3, -0.25) is 0 Å². The molecule has 4 heteroatoms. The number of pyridine rings is 1. The quantitative estimate of drug-likeness (QED) is 0.549. The van der Waals surface area contributed by atoms with E-state index in [2.05, 4.69) is 30.7 Å². The number of hydrogen-bond acceptors (Lipinski definition) is 4. The van der Waals surface area contributed by atoms with E-state index in [0.29, 0.717) is 24.1 Å². The van der Waals surface area contributed by atoms with E-state index in [9.17, 15) is 0 Å². The second-order valence-corrected chi connectivity index (χ2v) is 4.65.